The van der Waals surface area contributed by atoms with Gasteiger partial charge in [0.15, 0.2) is 11.6 Å². The van der Waals surface area contributed by atoms with Crippen molar-refractivity contribution in [2.45, 2.75) is 26.3 Å². The molecule has 3 aromatic rings. The van der Waals surface area contributed by atoms with E-state index in [1.165, 1.54) is 17.4 Å². The molecule has 0 saturated carbocycles. The van der Waals surface area contributed by atoms with Crippen LogP contribution in [0, 0.1) is 17.6 Å². The Bertz CT molecular complexity index is 1140. The molecule has 1 atom stereocenters. The Balaban J connectivity index is 1.67. The maximum Gasteiger partial charge on any atom is 0.310 e. The van der Waals surface area contributed by atoms with Crippen LogP contribution in [0.1, 0.15) is 35.8 Å². The van der Waals surface area contributed by atoms with Gasteiger partial charge < -0.3 is 14.2 Å². The van der Waals surface area contributed by atoms with E-state index in [4.69, 9.17) is 4.74 Å². The van der Waals surface area contributed by atoms with Crippen LogP contribution < -0.4 is 0 Å². The highest BCUT2D eigenvalue weighted by Crippen LogP contribution is 2.35. The minimum absolute atomic E-state index is 0.188. The molecule has 1 unspecified atom stereocenters. The van der Waals surface area contributed by atoms with Crippen molar-refractivity contribution in [1.82, 2.24) is 9.47 Å². The highest BCUT2D eigenvalue weighted by molar-refractivity contribution is 9.10. The lowest BCUT2D eigenvalue weighted by Crippen LogP contribution is -2.43. The van der Waals surface area contributed by atoms with E-state index in [0.717, 1.165) is 33.2 Å². The number of hydrogen-bond acceptors (Lipinski definition) is 4. The van der Waals surface area contributed by atoms with Crippen molar-refractivity contribution in [2.75, 3.05) is 19.7 Å². The molecular formula is C22H21BrF2N2O3S. The first-order chi connectivity index (χ1) is 14.9. The number of ether oxygens (including phenoxy) is 1. The molecule has 0 spiro atoms. The molecule has 0 aliphatic carbocycles. The van der Waals surface area contributed by atoms with Crippen molar-refractivity contribution in [3.05, 3.63) is 57.0 Å². The molecule has 9 heteroatoms. The largest absolute Gasteiger partial charge is 0.466 e. The number of likely N-dealkylation sites (tertiary alicyclic amines) is 1. The van der Waals surface area contributed by atoms with Crippen LogP contribution in [0.4, 0.5) is 8.78 Å². The van der Waals surface area contributed by atoms with Crippen molar-refractivity contribution in [3.63, 3.8) is 0 Å². The molecule has 5 nitrogen and oxygen atoms in total. The van der Waals surface area contributed by atoms with Crippen LogP contribution in [-0.2, 0) is 16.1 Å². The third-order valence-corrected chi connectivity index (χ3v) is 7.28. The number of amides is 1. The van der Waals surface area contributed by atoms with Gasteiger partial charge in [-0.15, -0.1) is 11.3 Å². The minimum atomic E-state index is -0.925. The highest BCUT2D eigenvalue weighted by Gasteiger charge is 2.31. The van der Waals surface area contributed by atoms with E-state index >= 15 is 0 Å². The number of hydrogen-bond donors (Lipinski definition) is 0. The van der Waals surface area contributed by atoms with Gasteiger partial charge in [0.05, 0.1) is 27.2 Å². The third kappa shape index (κ3) is 4.39. The molecular weight excluding hydrogens is 490 g/mol. The van der Waals surface area contributed by atoms with Gasteiger partial charge in [0.1, 0.15) is 5.69 Å². The van der Waals surface area contributed by atoms with Gasteiger partial charge in [-0.05, 0) is 59.5 Å². The standard InChI is InChI=1S/C22H21BrF2N2O3S/c1-2-30-22(29)14-4-3-7-26(11-14)21(28)18-9-19-20(15(23)12-31-19)27(18)10-13-5-6-16(24)17(25)8-13/h5-6,8-9,12,14H,2-4,7,10-11H2,1H3. The third-order valence-electron chi connectivity index (χ3n) is 5.45. The lowest BCUT2D eigenvalue weighted by molar-refractivity contribution is -0.149. The van der Waals surface area contributed by atoms with Crippen molar-refractivity contribution in [1.29, 1.82) is 0 Å². The highest BCUT2D eigenvalue weighted by atomic mass is 79.9. The Morgan fingerprint density at radius 3 is 2.81 bits per heavy atom. The zero-order chi connectivity index (χ0) is 22.1. The zero-order valence-electron chi connectivity index (χ0n) is 16.9. The Labute approximate surface area is 190 Å². The van der Waals surface area contributed by atoms with E-state index in [2.05, 4.69) is 15.9 Å². The maximum absolute atomic E-state index is 13.8. The first-order valence-electron chi connectivity index (χ1n) is 10.0. The Hall–Kier alpha value is -2.26. The molecule has 1 aromatic carbocycles. The molecule has 1 aliphatic rings. The topological polar surface area (TPSA) is 51.5 Å². The first kappa shape index (κ1) is 22.0. The van der Waals surface area contributed by atoms with E-state index in [0.29, 0.717) is 37.4 Å². The van der Waals surface area contributed by atoms with Gasteiger partial charge in [-0.3, -0.25) is 9.59 Å². The van der Waals surface area contributed by atoms with E-state index in [1.54, 1.807) is 11.8 Å². The summed E-state index contributed by atoms with van der Waals surface area (Å²) in [7, 11) is 0. The number of piperidine rings is 1. The van der Waals surface area contributed by atoms with Crippen LogP contribution in [0.2, 0.25) is 0 Å². The fraction of sp³-hybridized carbons (Fsp3) is 0.364. The summed E-state index contributed by atoms with van der Waals surface area (Å²) in [5, 5.41) is 1.93. The van der Waals surface area contributed by atoms with E-state index in [9.17, 15) is 18.4 Å². The number of aromatic nitrogens is 1. The average molecular weight is 511 g/mol. The predicted octanol–water partition coefficient (Wildman–Crippen LogP) is 5.21. The SMILES string of the molecule is CCOC(=O)C1CCCN(C(=O)c2cc3scc(Br)c3n2Cc2ccc(F)c(F)c2)C1. The van der Waals surface area contributed by atoms with Crippen LogP contribution in [0.15, 0.2) is 34.1 Å². The van der Waals surface area contributed by atoms with Crippen molar-refractivity contribution >= 4 is 49.4 Å². The molecule has 0 radical (unpaired) electrons. The summed E-state index contributed by atoms with van der Waals surface area (Å²) < 4.78 is 35.8. The van der Waals surface area contributed by atoms with E-state index < -0.39 is 11.6 Å². The van der Waals surface area contributed by atoms with Crippen LogP contribution >= 0.6 is 27.3 Å². The van der Waals surface area contributed by atoms with Gasteiger partial charge in [0, 0.05) is 25.0 Å². The summed E-state index contributed by atoms with van der Waals surface area (Å²) in [5.41, 5.74) is 1.83. The molecule has 0 N–H and O–H groups in total. The molecule has 1 fully saturated rings. The average Bonchev–Trinajstić information content (AvgIpc) is 3.30. The minimum Gasteiger partial charge on any atom is -0.466 e. The van der Waals surface area contributed by atoms with Crippen LogP contribution in [0.3, 0.4) is 0 Å². The number of carbonyl (C=O) groups is 2. The van der Waals surface area contributed by atoms with Gasteiger partial charge in [-0.25, -0.2) is 8.78 Å². The van der Waals surface area contributed by atoms with Gasteiger partial charge in [0.25, 0.3) is 5.91 Å². The second-order valence-electron chi connectivity index (χ2n) is 7.50. The fourth-order valence-electron chi connectivity index (χ4n) is 3.97. The van der Waals surface area contributed by atoms with Crippen molar-refractivity contribution < 1.29 is 23.1 Å². The quantitative estimate of drug-likeness (QED) is 0.443. The van der Waals surface area contributed by atoms with E-state index in [-0.39, 0.29) is 24.3 Å². The summed E-state index contributed by atoms with van der Waals surface area (Å²) >= 11 is 5.03. The number of thiophene rings is 1. The lowest BCUT2D eigenvalue weighted by atomic mass is 9.98. The maximum atomic E-state index is 13.8. The summed E-state index contributed by atoms with van der Waals surface area (Å²) in [6, 6.07) is 5.56. The van der Waals surface area contributed by atoms with Crippen molar-refractivity contribution in [3.8, 4) is 0 Å². The zero-order valence-corrected chi connectivity index (χ0v) is 19.3. The number of rotatable bonds is 5. The summed E-state index contributed by atoms with van der Waals surface area (Å²) in [6.07, 6.45) is 1.41. The van der Waals surface area contributed by atoms with Crippen LogP contribution in [0.25, 0.3) is 10.2 Å². The van der Waals surface area contributed by atoms with Crippen LogP contribution in [0.5, 0.6) is 0 Å². The summed E-state index contributed by atoms with van der Waals surface area (Å²) in [6.45, 7) is 3.15. The molecule has 1 amide bonds. The monoisotopic (exact) mass is 510 g/mol. The lowest BCUT2D eigenvalue weighted by Gasteiger charge is -2.31. The number of halogens is 3. The molecule has 0 bridgehead atoms. The fourth-order valence-corrected chi connectivity index (χ4v) is 5.66. The predicted molar refractivity (Wildman–Crippen MR) is 118 cm³/mol. The number of fused-ring (bicyclic) bond motifs is 1. The Kier molecular flexibility index (Phi) is 6.43. The number of nitrogens with zero attached hydrogens (tertiary/aromatic N) is 2. The summed E-state index contributed by atoms with van der Waals surface area (Å²) in [4.78, 5) is 27.3. The van der Waals surface area contributed by atoms with Gasteiger partial charge in [-0.2, -0.15) is 0 Å². The van der Waals surface area contributed by atoms with Crippen LogP contribution in [-0.4, -0.2) is 41.0 Å². The molecule has 4 rings (SSSR count). The second-order valence-corrected chi connectivity index (χ2v) is 9.27. The molecule has 1 saturated heterocycles. The molecule has 3 heterocycles. The molecule has 2 aromatic heterocycles. The number of benzene rings is 1. The Morgan fingerprint density at radius 1 is 1.26 bits per heavy atom. The normalized spacial score (nSPS) is 16.6. The molecule has 1 aliphatic heterocycles. The number of carbonyl (C=O) groups excluding carboxylic acids is 2. The summed E-state index contributed by atoms with van der Waals surface area (Å²) in [5.74, 6) is -2.63. The Morgan fingerprint density at radius 2 is 2.06 bits per heavy atom. The smallest absolute Gasteiger partial charge is 0.310 e. The second kappa shape index (κ2) is 9.08. The molecule has 31 heavy (non-hydrogen) atoms. The van der Waals surface area contributed by atoms with Crippen molar-refractivity contribution in [2.24, 2.45) is 5.92 Å². The number of esters is 1. The van der Waals surface area contributed by atoms with Gasteiger partial charge in [-0.1, -0.05) is 6.07 Å². The van der Waals surface area contributed by atoms with Gasteiger partial charge in [0.2, 0.25) is 0 Å². The van der Waals surface area contributed by atoms with E-state index in [1.807, 2.05) is 16.0 Å². The first-order valence-corrected chi connectivity index (χ1v) is 11.7. The van der Waals surface area contributed by atoms with Gasteiger partial charge >= 0.3 is 5.97 Å². The molecule has 164 valence electrons.